The van der Waals surface area contributed by atoms with Crippen LogP contribution in [0.5, 0.6) is 0 Å². The summed E-state index contributed by atoms with van der Waals surface area (Å²) in [6.45, 7) is 31.9. The highest BCUT2D eigenvalue weighted by atomic mass is 16.7. The molecule has 0 aromatic heterocycles. The van der Waals surface area contributed by atoms with E-state index in [0.717, 1.165) is 6.42 Å². The number of nitrogens with zero attached hydrogens (tertiary/aromatic N) is 1. The molecule has 0 bridgehead atoms. The normalized spacial score (nSPS) is 46.2. The summed E-state index contributed by atoms with van der Waals surface area (Å²) in [6.07, 6.45) is -1.87. The van der Waals surface area contributed by atoms with Gasteiger partial charge in [-0.1, -0.05) is 83.1 Å². The van der Waals surface area contributed by atoms with Crippen LogP contribution in [0.4, 0.5) is 0 Å². The topological polar surface area (TPSA) is 107 Å². The molecule has 50 heavy (non-hydrogen) atoms. The predicted molar refractivity (Wildman–Crippen MR) is 198 cm³/mol. The maximum absolute atomic E-state index is 14.3. The van der Waals surface area contributed by atoms with Crippen LogP contribution < -0.4 is 0 Å². The van der Waals surface area contributed by atoms with Crippen LogP contribution in [0.1, 0.15) is 130 Å². The Labute approximate surface area is 305 Å². The Morgan fingerprint density at radius 2 is 1.42 bits per heavy atom. The van der Waals surface area contributed by atoms with E-state index in [1.165, 1.54) is 0 Å². The van der Waals surface area contributed by atoms with Crippen molar-refractivity contribution < 1.29 is 38.7 Å². The lowest BCUT2D eigenvalue weighted by Gasteiger charge is -2.50. The number of carbonyl (C=O) groups excluding carboxylic acids is 1. The van der Waals surface area contributed by atoms with E-state index in [4.69, 9.17) is 23.7 Å². The first-order chi connectivity index (χ1) is 22.9. The molecule has 9 heteroatoms. The van der Waals surface area contributed by atoms with E-state index >= 15 is 0 Å². The van der Waals surface area contributed by atoms with Gasteiger partial charge in [-0.05, 0) is 88.6 Å². The van der Waals surface area contributed by atoms with Gasteiger partial charge in [-0.15, -0.1) is 0 Å². The van der Waals surface area contributed by atoms with Gasteiger partial charge < -0.3 is 38.8 Å². The highest BCUT2D eigenvalue weighted by molar-refractivity contribution is 5.73. The zero-order chi connectivity index (χ0) is 38.3. The zero-order valence-electron chi connectivity index (χ0n) is 34.9. The van der Waals surface area contributed by atoms with E-state index in [9.17, 15) is 15.0 Å². The number of aliphatic hydroxyl groups excluding tert-OH is 2. The van der Waals surface area contributed by atoms with Gasteiger partial charge in [0.1, 0.15) is 12.2 Å². The minimum absolute atomic E-state index is 0.0189. The molecule has 3 rings (SSSR count). The van der Waals surface area contributed by atoms with Crippen LogP contribution in [-0.4, -0.2) is 96.5 Å². The molecule has 294 valence electrons. The van der Waals surface area contributed by atoms with Crippen LogP contribution in [0.2, 0.25) is 0 Å². The van der Waals surface area contributed by atoms with Gasteiger partial charge in [0, 0.05) is 23.8 Å². The van der Waals surface area contributed by atoms with Crippen molar-refractivity contribution in [2.45, 2.75) is 191 Å². The molecule has 0 amide bonds. The molecule has 0 aliphatic carbocycles. The zero-order valence-corrected chi connectivity index (χ0v) is 34.9. The molecule has 0 aromatic carbocycles. The van der Waals surface area contributed by atoms with Crippen molar-refractivity contribution in [3.8, 4) is 0 Å². The largest absolute Gasteiger partial charge is 0.461 e. The fourth-order valence-electron chi connectivity index (χ4n) is 9.55. The average molecular weight is 712 g/mol. The minimum Gasteiger partial charge on any atom is -0.461 e. The summed E-state index contributed by atoms with van der Waals surface area (Å²) < 4.78 is 33.3. The lowest BCUT2D eigenvalue weighted by molar-refractivity contribution is -0.303. The predicted octanol–water partition coefficient (Wildman–Crippen LogP) is 7.30. The van der Waals surface area contributed by atoms with Crippen LogP contribution in [0.3, 0.4) is 0 Å². The standard InChI is InChI=1S/C41H77NO8/c1-18-31-41(14,15)35(44)25(5)24(4)22(2)20-40(12,13)36(50-38-33(43)30(42(16)17)19-23(3)46-38)26(6)34(27(7)37(45)48-31)49-32-21-39(10,11)28(8)29(9)47-32/h22-36,38,43-44H,18-21H2,1-17H3/t22-,23-,24+,25+,26+,27-,28+,29+,30+,31-,32+,33-,34+,35-,36-,38+/m1/s1. The van der Waals surface area contributed by atoms with Crippen molar-refractivity contribution in [2.24, 2.45) is 51.8 Å². The van der Waals surface area contributed by atoms with Crippen molar-refractivity contribution >= 4 is 5.97 Å². The number of carbonyl (C=O) groups is 1. The van der Waals surface area contributed by atoms with E-state index in [0.29, 0.717) is 25.2 Å². The lowest BCUT2D eigenvalue weighted by atomic mass is 9.65. The molecule has 0 radical (unpaired) electrons. The van der Waals surface area contributed by atoms with Gasteiger partial charge in [0.05, 0.1) is 36.4 Å². The molecule has 3 aliphatic rings. The Kier molecular flexibility index (Phi) is 14.6. The fourth-order valence-corrected chi connectivity index (χ4v) is 9.55. The monoisotopic (exact) mass is 712 g/mol. The number of likely N-dealkylation sites (N-methyl/N-ethyl adjacent to an activating group) is 1. The number of hydrogen-bond acceptors (Lipinski definition) is 9. The Balaban J connectivity index is 2.17. The maximum atomic E-state index is 14.3. The Morgan fingerprint density at radius 3 is 1.96 bits per heavy atom. The Hall–Kier alpha value is -0.810. The average Bonchev–Trinajstić information content (AvgIpc) is 3.01. The Morgan fingerprint density at radius 1 is 0.820 bits per heavy atom. The molecule has 0 saturated carbocycles. The first kappa shape index (κ1) is 43.6. The van der Waals surface area contributed by atoms with Gasteiger partial charge in [0.15, 0.2) is 12.6 Å². The molecule has 3 aliphatic heterocycles. The van der Waals surface area contributed by atoms with Crippen LogP contribution in [0.25, 0.3) is 0 Å². The highest BCUT2D eigenvalue weighted by Crippen LogP contribution is 2.47. The molecule has 3 fully saturated rings. The second-order valence-electron chi connectivity index (χ2n) is 19.1. The first-order valence-electron chi connectivity index (χ1n) is 19.7. The highest BCUT2D eigenvalue weighted by Gasteiger charge is 2.51. The van der Waals surface area contributed by atoms with Gasteiger partial charge >= 0.3 is 5.97 Å². The third-order valence-electron chi connectivity index (χ3n) is 13.8. The first-order valence-corrected chi connectivity index (χ1v) is 19.7. The number of rotatable bonds is 6. The molecular weight excluding hydrogens is 634 g/mol. The van der Waals surface area contributed by atoms with Crippen LogP contribution >= 0.6 is 0 Å². The van der Waals surface area contributed by atoms with Gasteiger partial charge in [-0.3, -0.25) is 4.79 Å². The van der Waals surface area contributed by atoms with E-state index < -0.39 is 59.8 Å². The number of aliphatic hydroxyl groups is 2. The summed E-state index contributed by atoms with van der Waals surface area (Å²) in [4.78, 5) is 16.4. The molecule has 0 aromatic rings. The van der Waals surface area contributed by atoms with Crippen molar-refractivity contribution in [3.63, 3.8) is 0 Å². The number of cyclic esters (lactones) is 1. The van der Waals surface area contributed by atoms with Crippen molar-refractivity contribution in [1.82, 2.24) is 4.90 Å². The van der Waals surface area contributed by atoms with Crippen LogP contribution in [0, 0.1) is 51.8 Å². The number of hydrogen-bond donors (Lipinski definition) is 2. The molecule has 0 unspecified atom stereocenters. The number of ether oxygens (including phenoxy) is 5. The summed E-state index contributed by atoms with van der Waals surface area (Å²) in [5.74, 6) is -0.665. The SMILES string of the molecule is CC[C@H]1OC(=O)[C@H](C)[C@@H](O[C@H]2CC(C)(C)[C@@H](C)[C@H](C)O2)[C@H](C)[C@@H](O[C@@H]2O[C@H](C)C[C@H](N(C)C)[C@H]2O)C(C)(C)C[C@@H](C)[C@H](C)[C@H](C)[C@@H](O)C1(C)C. The minimum atomic E-state index is -0.858. The molecule has 3 heterocycles. The quantitative estimate of drug-likeness (QED) is 0.275. The lowest BCUT2D eigenvalue weighted by Crippen LogP contribution is -2.58. The maximum Gasteiger partial charge on any atom is 0.311 e. The fraction of sp³-hybridized carbons (Fsp3) is 0.976. The van der Waals surface area contributed by atoms with Crippen molar-refractivity contribution in [3.05, 3.63) is 0 Å². The molecule has 3 saturated heterocycles. The van der Waals surface area contributed by atoms with Gasteiger partial charge in [-0.25, -0.2) is 0 Å². The third kappa shape index (κ3) is 9.46. The summed E-state index contributed by atoms with van der Waals surface area (Å²) >= 11 is 0. The Bertz CT molecular complexity index is 1090. The smallest absolute Gasteiger partial charge is 0.311 e. The summed E-state index contributed by atoms with van der Waals surface area (Å²) in [6, 6.07) is -0.126. The number of esters is 1. The van der Waals surface area contributed by atoms with Gasteiger partial charge in [0.25, 0.3) is 0 Å². The van der Waals surface area contributed by atoms with E-state index in [-0.39, 0.29) is 53.3 Å². The summed E-state index contributed by atoms with van der Waals surface area (Å²) in [7, 11) is 3.95. The van der Waals surface area contributed by atoms with Crippen molar-refractivity contribution in [1.29, 1.82) is 0 Å². The van der Waals surface area contributed by atoms with Gasteiger partial charge in [0.2, 0.25) is 0 Å². The summed E-state index contributed by atoms with van der Waals surface area (Å²) in [5.41, 5.74) is -1.14. The molecular formula is C41H77NO8. The van der Waals surface area contributed by atoms with Crippen molar-refractivity contribution in [2.75, 3.05) is 14.1 Å². The van der Waals surface area contributed by atoms with Crippen LogP contribution in [-0.2, 0) is 28.5 Å². The van der Waals surface area contributed by atoms with E-state index in [1.807, 2.05) is 53.6 Å². The molecule has 16 atom stereocenters. The van der Waals surface area contributed by atoms with E-state index in [1.54, 1.807) is 0 Å². The molecule has 2 N–H and O–H groups in total. The second kappa shape index (κ2) is 16.7. The second-order valence-corrected chi connectivity index (χ2v) is 19.1. The summed E-state index contributed by atoms with van der Waals surface area (Å²) in [5, 5.41) is 23.5. The van der Waals surface area contributed by atoms with E-state index in [2.05, 4.69) is 69.2 Å². The molecule has 0 spiro atoms. The van der Waals surface area contributed by atoms with Gasteiger partial charge in [-0.2, -0.15) is 0 Å². The molecule has 9 nitrogen and oxygen atoms in total. The van der Waals surface area contributed by atoms with Crippen LogP contribution in [0.15, 0.2) is 0 Å². The third-order valence-corrected chi connectivity index (χ3v) is 13.8.